The molecule has 2 heterocycles. The third kappa shape index (κ3) is 3.82. The molecule has 2 unspecified atom stereocenters. The number of methoxy groups -OCH3 is 2. The van der Waals surface area contributed by atoms with Crippen LogP contribution < -0.4 is 15.4 Å². The molecule has 2 atom stereocenters. The number of esters is 1. The largest absolute Gasteiger partial charge is 0.497 e. The summed E-state index contributed by atoms with van der Waals surface area (Å²) in [6.45, 7) is 0. The first-order valence-corrected chi connectivity index (χ1v) is 10.5. The number of hydrogen-bond acceptors (Lipinski definition) is 9. The van der Waals surface area contributed by atoms with E-state index in [-0.39, 0.29) is 11.7 Å². The Kier molecular flexibility index (Phi) is 5.29. The fourth-order valence-electron chi connectivity index (χ4n) is 4.39. The molecule has 3 aromatic rings. The lowest BCUT2D eigenvalue weighted by atomic mass is 9.78. The third-order valence-corrected chi connectivity index (χ3v) is 6.09. The highest BCUT2D eigenvalue weighted by atomic mass is 16.6. The lowest BCUT2D eigenvalue weighted by molar-refractivity contribution is -0.116. The molecule has 0 radical (unpaired) electrons. The zero-order valence-corrected chi connectivity index (χ0v) is 18.1. The SMILES string of the molecule is COC(=O)c1ccc(C2Nc3nonc3NC3=C2C(=O)CC(c2ccc(OC)cc2)C3)cc1. The van der Waals surface area contributed by atoms with Gasteiger partial charge in [0.1, 0.15) is 5.75 Å². The van der Waals surface area contributed by atoms with Gasteiger partial charge in [0.25, 0.3) is 0 Å². The van der Waals surface area contributed by atoms with Crippen molar-refractivity contribution >= 4 is 23.4 Å². The molecule has 1 aliphatic carbocycles. The fourth-order valence-corrected chi connectivity index (χ4v) is 4.39. The Hall–Kier alpha value is -4.14. The van der Waals surface area contributed by atoms with Gasteiger partial charge in [0, 0.05) is 17.7 Å². The molecule has 0 saturated carbocycles. The van der Waals surface area contributed by atoms with Crippen LogP contribution in [-0.4, -0.2) is 36.3 Å². The molecule has 0 fully saturated rings. The van der Waals surface area contributed by atoms with Crippen molar-refractivity contribution in [2.24, 2.45) is 0 Å². The number of ketones is 1. The maximum Gasteiger partial charge on any atom is 0.337 e. The number of carbonyl (C=O) groups is 2. The summed E-state index contributed by atoms with van der Waals surface area (Å²) in [4.78, 5) is 25.3. The van der Waals surface area contributed by atoms with E-state index in [9.17, 15) is 9.59 Å². The number of fused-ring (bicyclic) bond motifs is 1. The Morgan fingerprint density at radius 3 is 2.36 bits per heavy atom. The number of hydrogen-bond donors (Lipinski definition) is 2. The number of carbonyl (C=O) groups excluding carboxylic acids is 2. The maximum absolute atomic E-state index is 13.5. The lowest BCUT2D eigenvalue weighted by Gasteiger charge is -2.29. The molecule has 9 nitrogen and oxygen atoms in total. The Morgan fingerprint density at radius 1 is 0.970 bits per heavy atom. The van der Waals surface area contributed by atoms with E-state index in [0.717, 1.165) is 22.6 Å². The number of aromatic nitrogens is 2. The third-order valence-electron chi connectivity index (χ3n) is 6.09. The van der Waals surface area contributed by atoms with Crippen LogP contribution in [0.3, 0.4) is 0 Å². The van der Waals surface area contributed by atoms with Crippen molar-refractivity contribution in [3.63, 3.8) is 0 Å². The number of anilines is 2. The molecule has 0 spiro atoms. The molecule has 168 valence electrons. The molecule has 2 aliphatic rings. The summed E-state index contributed by atoms with van der Waals surface area (Å²) in [5.74, 6) is 1.24. The fraction of sp³-hybridized carbons (Fsp3) is 0.250. The average molecular weight is 446 g/mol. The minimum Gasteiger partial charge on any atom is -0.497 e. The maximum atomic E-state index is 13.5. The van der Waals surface area contributed by atoms with E-state index < -0.39 is 12.0 Å². The number of rotatable bonds is 4. The molecule has 0 bridgehead atoms. The van der Waals surface area contributed by atoms with E-state index in [1.165, 1.54) is 7.11 Å². The summed E-state index contributed by atoms with van der Waals surface area (Å²) >= 11 is 0. The van der Waals surface area contributed by atoms with Crippen LogP contribution in [0.5, 0.6) is 5.75 Å². The molecule has 1 aromatic heterocycles. The molecular weight excluding hydrogens is 424 g/mol. The molecular formula is C24H22N4O5. The van der Waals surface area contributed by atoms with E-state index in [0.29, 0.717) is 35.6 Å². The summed E-state index contributed by atoms with van der Waals surface area (Å²) in [5, 5.41) is 14.4. The smallest absolute Gasteiger partial charge is 0.337 e. The second kappa shape index (κ2) is 8.42. The van der Waals surface area contributed by atoms with Crippen LogP contribution in [0.25, 0.3) is 0 Å². The van der Waals surface area contributed by atoms with Gasteiger partial charge in [0.05, 0.1) is 25.8 Å². The normalized spacial score (nSPS) is 19.5. The van der Waals surface area contributed by atoms with Gasteiger partial charge in [0.2, 0.25) is 11.6 Å². The van der Waals surface area contributed by atoms with Crippen molar-refractivity contribution in [3.8, 4) is 5.75 Å². The van der Waals surface area contributed by atoms with Crippen molar-refractivity contribution in [3.05, 3.63) is 76.5 Å². The predicted molar refractivity (Wildman–Crippen MR) is 119 cm³/mol. The first kappa shape index (κ1) is 20.7. The van der Waals surface area contributed by atoms with Gasteiger partial charge >= 0.3 is 5.97 Å². The van der Waals surface area contributed by atoms with Crippen LogP contribution >= 0.6 is 0 Å². The molecule has 2 N–H and O–H groups in total. The van der Waals surface area contributed by atoms with Crippen LogP contribution in [0.15, 0.2) is 64.4 Å². The van der Waals surface area contributed by atoms with Crippen LogP contribution in [-0.2, 0) is 9.53 Å². The number of ether oxygens (including phenoxy) is 2. The minimum absolute atomic E-state index is 0.0124. The molecule has 1 aliphatic heterocycles. The second-order valence-corrected chi connectivity index (χ2v) is 7.97. The zero-order chi connectivity index (χ0) is 22.9. The number of nitrogens with zero attached hydrogens (tertiary/aromatic N) is 2. The topological polar surface area (TPSA) is 116 Å². The number of Topliss-reactive ketones (excluding diaryl/α,β-unsaturated/α-hetero) is 1. The number of benzene rings is 2. The van der Waals surface area contributed by atoms with Crippen molar-refractivity contribution in [1.82, 2.24) is 10.3 Å². The number of nitrogens with one attached hydrogen (secondary N) is 2. The van der Waals surface area contributed by atoms with Crippen molar-refractivity contribution < 1.29 is 23.7 Å². The lowest BCUT2D eigenvalue weighted by Crippen LogP contribution is -2.27. The Morgan fingerprint density at radius 2 is 1.67 bits per heavy atom. The van der Waals surface area contributed by atoms with Crippen LogP contribution in [0, 0.1) is 0 Å². The molecule has 33 heavy (non-hydrogen) atoms. The molecule has 2 aromatic carbocycles. The quantitative estimate of drug-likeness (QED) is 0.577. The monoisotopic (exact) mass is 446 g/mol. The van der Waals surface area contributed by atoms with Gasteiger partial charge in [-0.3, -0.25) is 4.79 Å². The highest BCUT2D eigenvalue weighted by molar-refractivity contribution is 6.01. The van der Waals surface area contributed by atoms with Crippen molar-refractivity contribution in [2.75, 3.05) is 24.9 Å². The average Bonchev–Trinajstić information content (AvgIpc) is 3.22. The Balaban J connectivity index is 1.53. The Labute approximate surface area is 189 Å². The van der Waals surface area contributed by atoms with E-state index in [1.54, 1.807) is 31.4 Å². The van der Waals surface area contributed by atoms with Crippen LogP contribution in [0.4, 0.5) is 11.6 Å². The summed E-state index contributed by atoms with van der Waals surface area (Å²) in [6.07, 6.45) is 0.999. The summed E-state index contributed by atoms with van der Waals surface area (Å²) < 4.78 is 14.9. The minimum atomic E-state index is -0.475. The summed E-state index contributed by atoms with van der Waals surface area (Å²) in [6, 6.07) is 14.3. The van der Waals surface area contributed by atoms with Gasteiger partial charge in [0.15, 0.2) is 5.78 Å². The van der Waals surface area contributed by atoms with Gasteiger partial charge in [-0.15, -0.1) is 0 Å². The first-order valence-electron chi connectivity index (χ1n) is 10.5. The van der Waals surface area contributed by atoms with Gasteiger partial charge in [-0.25, -0.2) is 9.42 Å². The van der Waals surface area contributed by atoms with E-state index in [2.05, 4.69) is 20.9 Å². The zero-order valence-electron chi connectivity index (χ0n) is 18.1. The first-order chi connectivity index (χ1) is 16.1. The van der Waals surface area contributed by atoms with Gasteiger partial charge in [-0.1, -0.05) is 24.3 Å². The summed E-state index contributed by atoms with van der Waals surface area (Å²) in [5.41, 5.74) is 3.71. The van der Waals surface area contributed by atoms with Crippen molar-refractivity contribution in [2.45, 2.75) is 24.8 Å². The van der Waals surface area contributed by atoms with Gasteiger partial charge in [-0.2, -0.15) is 0 Å². The Bertz CT molecular complexity index is 1230. The van der Waals surface area contributed by atoms with Gasteiger partial charge in [-0.05, 0) is 58.0 Å². The molecule has 0 saturated heterocycles. The summed E-state index contributed by atoms with van der Waals surface area (Å²) in [7, 11) is 2.96. The van der Waals surface area contributed by atoms with Crippen molar-refractivity contribution in [1.29, 1.82) is 0 Å². The van der Waals surface area contributed by atoms with Crippen LogP contribution in [0.1, 0.15) is 46.3 Å². The van der Waals surface area contributed by atoms with Gasteiger partial charge < -0.3 is 20.1 Å². The molecule has 0 amide bonds. The van der Waals surface area contributed by atoms with E-state index >= 15 is 0 Å². The number of allylic oxidation sites excluding steroid dienone is 1. The van der Waals surface area contributed by atoms with Crippen LogP contribution in [0.2, 0.25) is 0 Å². The van der Waals surface area contributed by atoms with E-state index in [4.69, 9.17) is 14.1 Å². The molecule has 5 rings (SSSR count). The predicted octanol–water partition coefficient (Wildman–Crippen LogP) is 3.84. The molecule has 9 heteroatoms. The standard InChI is InChI=1S/C24H22N4O5/c1-31-17-9-7-13(8-10-17)16-11-18-20(19(29)12-16)21(26-23-22(25-18)27-33-28-23)14-3-5-15(6-4-14)24(30)32-2/h3-10,16,21H,11-12H2,1-2H3,(H,25,27)(H,26,28). The second-order valence-electron chi connectivity index (χ2n) is 7.97. The highest BCUT2D eigenvalue weighted by Crippen LogP contribution is 2.43. The van der Waals surface area contributed by atoms with E-state index in [1.807, 2.05) is 24.3 Å². The highest BCUT2D eigenvalue weighted by Gasteiger charge is 2.37.